The number of rotatable bonds is 4. The summed E-state index contributed by atoms with van der Waals surface area (Å²) in [6.45, 7) is 1.84. The van der Waals surface area contributed by atoms with Crippen LogP contribution in [-0.2, 0) is 0 Å². The second kappa shape index (κ2) is 5.99. The summed E-state index contributed by atoms with van der Waals surface area (Å²) >= 11 is 3.39. The van der Waals surface area contributed by atoms with Gasteiger partial charge in [-0.1, -0.05) is 22.0 Å². The highest BCUT2D eigenvalue weighted by molar-refractivity contribution is 9.10. The summed E-state index contributed by atoms with van der Waals surface area (Å²) in [6, 6.07) is 7.62. The van der Waals surface area contributed by atoms with Crippen LogP contribution in [0.3, 0.4) is 0 Å². The van der Waals surface area contributed by atoms with E-state index in [4.69, 9.17) is 5.11 Å². The number of benzene rings is 1. The van der Waals surface area contributed by atoms with E-state index in [0.29, 0.717) is 5.56 Å². The van der Waals surface area contributed by atoms with E-state index < -0.39 is 6.10 Å². The van der Waals surface area contributed by atoms with Crippen LogP contribution in [0.1, 0.15) is 17.3 Å². The molecule has 2 N–H and O–H groups in total. The van der Waals surface area contributed by atoms with Gasteiger partial charge < -0.3 is 10.4 Å². The Morgan fingerprint density at radius 3 is 3.05 bits per heavy atom. The smallest absolute Gasteiger partial charge is 0.254 e. The third kappa shape index (κ3) is 3.65. The largest absolute Gasteiger partial charge is 0.392 e. The fraction of sp³-hybridized carbons (Fsp3) is 0.231. The van der Waals surface area contributed by atoms with Crippen molar-refractivity contribution in [3.8, 4) is 5.69 Å². The lowest BCUT2D eigenvalue weighted by atomic mass is 10.3. The number of aliphatic hydroxyl groups is 1. The second-order valence-electron chi connectivity index (χ2n) is 4.21. The molecule has 1 unspecified atom stereocenters. The summed E-state index contributed by atoms with van der Waals surface area (Å²) in [4.78, 5) is 11.8. The SMILES string of the molecule is CC(O)CNC(=O)c1cnn(-c2cccc(Br)c2)c1. The number of aromatic nitrogens is 2. The highest BCUT2D eigenvalue weighted by Gasteiger charge is 2.09. The number of amides is 1. The predicted molar refractivity (Wildman–Crippen MR) is 75.3 cm³/mol. The Morgan fingerprint density at radius 2 is 2.37 bits per heavy atom. The number of halogens is 1. The monoisotopic (exact) mass is 323 g/mol. The molecule has 0 aliphatic rings. The van der Waals surface area contributed by atoms with Crippen molar-refractivity contribution in [1.29, 1.82) is 0 Å². The highest BCUT2D eigenvalue weighted by Crippen LogP contribution is 2.15. The molecule has 2 aromatic rings. The maximum Gasteiger partial charge on any atom is 0.254 e. The highest BCUT2D eigenvalue weighted by atomic mass is 79.9. The molecule has 100 valence electrons. The summed E-state index contributed by atoms with van der Waals surface area (Å²) in [5, 5.41) is 15.9. The zero-order valence-electron chi connectivity index (χ0n) is 10.4. The first kappa shape index (κ1) is 13.8. The molecule has 0 radical (unpaired) electrons. The molecule has 1 aromatic heterocycles. The van der Waals surface area contributed by atoms with Gasteiger partial charge in [0.1, 0.15) is 0 Å². The minimum atomic E-state index is -0.566. The molecule has 0 bridgehead atoms. The molecule has 1 heterocycles. The van der Waals surface area contributed by atoms with Gasteiger partial charge in [-0.05, 0) is 25.1 Å². The number of hydrogen-bond acceptors (Lipinski definition) is 3. The first-order valence-corrected chi connectivity index (χ1v) is 6.62. The summed E-state index contributed by atoms with van der Waals surface area (Å²) in [6.07, 6.45) is 2.58. The first-order chi connectivity index (χ1) is 9.06. The second-order valence-corrected chi connectivity index (χ2v) is 5.13. The molecule has 0 saturated carbocycles. The molecule has 5 nitrogen and oxygen atoms in total. The Bertz CT molecular complexity index is 581. The van der Waals surface area contributed by atoms with Crippen LogP contribution in [0.4, 0.5) is 0 Å². The lowest BCUT2D eigenvalue weighted by Crippen LogP contribution is -2.30. The fourth-order valence-electron chi connectivity index (χ4n) is 1.54. The van der Waals surface area contributed by atoms with Crippen molar-refractivity contribution in [3.63, 3.8) is 0 Å². The van der Waals surface area contributed by atoms with Gasteiger partial charge in [0.05, 0.1) is 23.6 Å². The summed E-state index contributed by atoms with van der Waals surface area (Å²) in [5.74, 6) is -0.248. The maximum absolute atomic E-state index is 11.8. The number of nitrogens with one attached hydrogen (secondary N) is 1. The number of hydrogen-bond donors (Lipinski definition) is 2. The maximum atomic E-state index is 11.8. The third-order valence-corrected chi connectivity index (χ3v) is 2.97. The minimum Gasteiger partial charge on any atom is -0.392 e. The molecule has 6 heteroatoms. The summed E-state index contributed by atoms with van der Waals surface area (Å²) in [5.41, 5.74) is 1.32. The van der Waals surface area contributed by atoms with Gasteiger partial charge in [-0.3, -0.25) is 4.79 Å². The van der Waals surface area contributed by atoms with Gasteiger partial charge in [0.25, 0.3) is 5.91 Å². The Kier molecular flexibility index (Phi) is 4.34. The molecule has 0 aliphatic heterocycles. The Labute approximate surface area is 119 Å². The normalized spacial score (nSPS) is 12.2. The number of carbonyl (C=O) groups excluding carboxylic acids is 1. The predicted octanol–water partition coefficient (Wildman–Crippen LogP) is 1.75. The van der Waals surface area contributed by atoms with Crippen LogP contribution in [0.15, 0.2) is 41.1 Å². The van der Waals surface area contributed by atoms with E-state index in [9.17, 15) is 4.79 Å². The van der Waals surface area contributed by atoms with Crippen LogP contribution in [0, 0.1) is 0 Å². The van der Waals surface area contributed by atoms with Crippen LogP contribution in [0.25, 0.3) is 5.69 Å². The number of aliphatic hydroxyl groups excluding tert-OH is 1. The zero-order valence-corrected chi connectivity index (χ0v) is 12.0. The van der Waals surface area contributed by atoms with Crippen LogP contribution in [0.2, 0.25) is 0 Å². The van der Waals surface area contributed by atoms with Gasteiger partial charge in [0.2, 0.25) is 0 Å². The Balaban J connectivity index is 2.13. The van der Waals surface area contributed by atoms with Gasteiger partial charge in [0, 0.05) is 17.2 Å². The van der Waals surface area contributed by atoms with Gasteiger partial charge in [-0.2, -0.15) is 5.10 Å². The average molecular weight is 324 g/mol. The van der Waals surface area contributed by atoms with E-state index in [2.05, 4.69) is 26.3 Å². The topological polar surface area (TPSA) is 67.2 Å². The minimum absolute atomic E-state index is 0.223. The first-order valence-electron chi connectivity index (χ1n) is 5.83. The lowest BCUT2D eigenvalue weighted by molar-refractivity contribution is 0.0924. The standard InChI is InChI=1S/C13H14BrN3O2/c1-9(18)6-15-13(19)10-7-16-17(8-10)12-4-2-3-11(14)5-12/h2-5,7-9,18H,6H2,1H3,(H,15,19). The van der Waals surface area contributed by atoms with E-state index in [0.717, 1.165) is 10.2 Å². The van der Waals surface area contributed by atoms with Crippen LogP contribution >= 0.6 is 15.9 Å². The molecular formula is C13H14BrN3O2. The number of carbonyl (C=O) groups is 1. The Hall–Kier alpha value is -1.66. The van der Waals surface area contributed by atoms with E-state index in [1.165, 1.54) is 6.20 Å². The molecule has 1 aromatic carbocycles. The lowest BCUT2D eigenvalue weighted by Gasteiger charge is -2.05. The molecule has 0 aliphatic carbocycles. The summed E-state index contributed by atoms with van der Waals surface area (Å²) in [7, 11) is 0. The molecule has 0 fully saturated rings. The molecule has 2 rings (SSSR count). The van der Waals surface area contributed by atoms with Crippen molar-refractivity contribution in [2.24, 2.45) is 0 Å². The third-order valence-electron chi connectivity index (χ3n) is 2.48. The number of nitrogens with zero attached hydrogens (tertiary/aromatic N) is 2. The molecule has 19 heavy (non-hydrogen) atoms. The van der Waals surface area contributed by atoms with E-state index in [-0.39, 0.29) is 12.5 Å². The van der Waals surface area contributed by atoms with E-state index in [1.54, 1.807) is 17.8 Å². The van der Waals surface area contributed by atoms with Crippen molar-refractivity contribution >= 4 is 21.8 Å². The van der Waals surface area contributed by atoms with Crippen molar-refractivity contribution < 1.29 is 9.90 Å². The molecule has 0 saturated heterocycles. The van der Waals surface area contributed by atoms with Crippen molar-refractivity contribution in [1.82, 2.24) is 15.1 Å². The quantitative estimate of drug-likeness (QED) is 0.900. The molecule has 1 atom stereocenters. The van der Waals surface area contributed by atoms with E-state index >= 15 is 0 Å². The van der Waals surface area contributed by atoms with Crippen LogP contribution in [0.5, 0.6) is 0 Å². The molecular weight excluding hydrogens is 310 g/mol. The van der Waals surface area contributed by atoms with E-state index in [1.807, 2.05) is 24.3 Å². The van der Waals surface area contributed by atoms with Gasteiger partial charge in [-0.25, -0.2) is 4.68 Å². The van der Waals surface area contributed by atoms with Gasteiger partial charge in [0.15, 0.2) is 0 Å². The zero-order chi connectivity index (χ0) is 13.8. The van der Waals surface area contributed by atoms with Crippen molar-refractivity contribution in [2.45, 2.75) is 13.0 Å². The van der Waals surface area contributed by atoms with Crippen LogP contribution in [-0.4, -0.2) is 33.4 Å². The van der Waals surface area contributed by atoms with Crippen molar-refractivity contribution in [3.05, 3.63) is 46.7 Å². The van der Waals surface area contributed by atoms with Crippen LogP contribution < -0.4 is 5.32 Å². The van der Waals surface area contributed by atoms with Gasteiger partial charge in [-0.15, -0.1) is 0 Å². The average Bonchev–Trinajstić information content (AvgIpc) is 2.85. The fourth-order valence-corrected chi connectivity index (χ4v) is 1.93. The molecule has 1 amide bonds. The van der Waals surface area contributed by atoms with Gasteiger partial charge >= 0.3 is 0 Å². The Morgan fingerprint density at radius 1 is 1.58 bits per heavy atom. The summed E-state index contributed by atoms with van der Waals surface area (Å²) < 4.78 is 2.57. The molecule has 0 spiro atoms. The van der Waals surface area contributed by atoms with Crippen molar-refractivity contribution in [2.75, 3.05) is 6.54 Å².